The van der Waals surface area contributed by atoms with Gasteiger partial charge in [0.25, 0.3) is 0 Å². The number of benzene rings is 1. The highest BCUT2D eigenvalue weighted by Gasteiger charge is 2.14. The number of aromatic nitrogens is 4. The normalized spacial score (nSPS) is 11.0. The van der Waals surface area contributed by atoms with Crippen LogP contribution < -0.4 is 10.1 Å². The van der Waals surface area contributed by atoms with Crippen molar-refractivity contribution in [3.63, 3.8) is 0 Å². The number of halogens is 1. The minimum Gasteiger partial charge on any atom is -0.496 e. The molecule has 4 aromatic rings. The van der Waals surface area contributed by atoms with E-state index in [0.29, 0.717) is 11.3 Å². The largest absolute Gasteiger partial charge is 0.496 e. The summed E-state index contributed by atoms with van der Waals surface area (Å²) in [5.41, 5.74) is 5.22. The van der Waals surface area contributed by atoms with E-state index in [1.54, 1.807) is 18.5 Å². The lowest BCUT2D eigenvalue weighted by molar-refractivity contribution is 0.405. The maximum absolute atomic E-state index is 14.2. The van der Waals surface area contributed by atoms with Crippen LogP contribution in [-0.4, -0.2) is 26.7 Å². The number of aryl methyl sites for hydroxylation is 2. The first-order chi connectivity index (χ1) is 13.6. The van der Waals surface area contributed by atoms with Crippen molar-refractivity contribution < 1.29 is 9.13 Å². The quantitative estimate of drug-likeness (QED) is 0.566. The molecular formula is C21H20FN5O. The van der Waals surface area contributed by atoms with Gasteiger partial charge in [0.05, 0.1) is 7.11 Å². The monoisotopic (exact) mass is 377 g/mol. The Morgan fingerprint density at radius 2 is 2.00 bits per heavy atom. The zero-order chi connectivity index (χ0) is 19.7. The van der Waals surface area contributed by atoms with Crippen LogP contribution in [-0.2, 0) is 6.54 Å². The van der Waals surface area contributed by atoms with Crippen molar-refractivity contribution in [1.29, 1.82) is 0 Å². The summed E-state index contributed by atoms with van der Waals surface area (Å²) in [6.45, 7) is 4.25. The summed E-state index contributed by atoms with van der Waals surface area (Å²) < 4.78 is 21.3. The van der Waals surface area contributed by atoms with Gasteiger partial charge >= 0.3 is 0 Å². The molecule has 0 saturated carbocycles. The molecule has 0 amide bonds. The lowest BCUT2D eigenvalue weighted by atomic mass is 10.0. The predicted molar refractivity (Wildman–Crippen MR) is 106 cm³/mol. The highest BCUT2D eigenvalue weighted by molar-refractivity contribution is 5.81. The van der Waals surface area contributed by atoms with E-state index in [9.17, 15) is 4.39 Å². The third-order valence-electron chi connectivity index (χ3n) is 4.73. The van der Waals surface area contributed by atoms with E-state index in [4.69, 9.17) is 4.74 Å². The van der Waals surface area contributed by atoms with Crippen LogP contribution in [0.5, 0.6) is 5.75 Å². The van der Waals surface area contributed by atoms with Crippen LogP contribution in [0.2, 0.25) is 0 Å². The predicted octanol–water partition coefficient (Wildman–Crippen LogP) is 4.17. The van der Waals surface area contributed by atoms with Crippen molar-refractivity contribution in [3.05, 3.63) is 71.6 Å². The van der Waals surface area contributed by atoms with E-state index in [1.165, 1.54) is 13.2 Å². The maximum atomic E-state index is 14.2. The zero-order valence-electron chi connectivity index (χ0n) is 15.9. The van der Waals surface area contributed by atoms with Gasteiger partial charge in [-0.3, -0.25) is 9.38 Å². The van der Waals surface area contributed by atoms with Gasteiger partial charge in [-0.1, -0.05) is 6.07 Å². The van der Waals surface area contributed by atoms with E-state index >= 15 is 0 Å². The summed E-state index contributed by atoms with van der Waals surface area (Å²) >= 11 is 0. The van der Waals surface area contributed by atoms with Gasteiger partial charge in [-0.15, -0.1) is 10.2 Å². The highest BCUT2D eigenvalue weighted by atomic mass is 19.1. The van der Waals surface area contributed by atoms with Gasteiger partial charge in [0.1, 0.15) is 23.7 Å². The molecule has 0 spiro atoms. The first-order valence-corrected chi connectivity index (χ1v) is 8.90. The molecular weight excluding hydrogens is 357 g/mol. The number of ether oxygens (including phenoxy) is 1. The SMILES string of the molecule is COc1cccc(F)c1CNc1ccc(-c2cc(C)ncc2C)c2nncn12. The molecule has 7 heteroatoms. The number of pyridine rings is 2. The van der Waals surface area contributed by atoms with E-state index in [1.807, 2.05) is 42.6 Å². The first-order valence-electron chi connectivity index (χ1n) is 8.90. The van der Waals surface area contributed by atoms with Crippen LogP contribution in [0.25, 0.3) is 16.8 Å². The van der Waals surface area contributed by atoms with E-state index in [0.717, 1.165) is 33.8 Å². The number of nitrogens with zero attached hydrogens (tertiary/aromatic N) is 4. The Morgan fingerprint density at radius 3 is 2.82 bits per heavy atom. The van der Waals surface area contributed by atoms with Gasteiger partial charge in [0.15, 0.2) is 5.65 Å². The molecule has 4 rings (SSSR count). The van der Waals surface area contributed by atoms with Gasteiger partial charge in [0.2, 0.25) is 0 Å². The van der Waals surface area contributed by atoms with Crippen molar-refractivity contribution in [2.24, 2.45) is 0 Å². The van der Waals surface area contributed by atoms with Gasteiger partial charge in [-0.25, -0.2) is 4.39 Å². The number of fused-ring (bicyclic) bond motifs is 1. The molecule has 28 heavy (non-hydrogen) atoms. The molecule has 142 valence electrons. The van der Waals surface area contributed by atoms with Crippen LogP contribution in [0.4, 0.5) is 10.2 Å². The van der Waals surface area contributed by atoms with Gasteiger partial charge in [-0.2, -0.15) is 0 Å². The summed E-state index contributed by atoms with van der Waals surface area (Å²) in [6.07, 6.45) is 3.50. The number of hydrogen-bond acceptors (Lipinski definition) is 5. The Balaban J connectivity index is 1.72. The second kappa shape index (κ2) is 7.26. The maximum Gasteiger partial charge on any atom is 0.170 e. The molecule has 0 atom stereocenters. The fourth-order valence-corrected chi connectivity index (χ4v) is 3.27. The number of nitrogens with one attached hydrogen (secondary N) is 1. The van der Waals surface area contributed by atoms with Gasteiger partial charge < -0.3 is 10.1 Å². The summed E-state index contributed by atoms with van der Waals surface area (Å²) in [5, 5.41) is 11.6. The average molecular weight is 377 g/mol. The lowest BCUT2D eigenvalue weighted by Crippen LogP contribution is -2.07. The number of anilines is 1. The Hall–Kier alpha value is -3.48. The smallest absolute Gasteiger partial charge is 0.170 e. The van der Waals surface area contributed by atoms with Crippen LogP contribution in [0.3, 0.4) is 0 Å². The number of rotatable bonds is 5. The van der Waals surface area contributed by atoms with Crippen molar-refractivity contribution in [2.75, 3.05) is 12.4 Å². The number of hydrogen-bond donors (Lipinski definition) is 1. The van der Waals surface area contributed by atoms with Crippen LogP contribution in [0.1, 0.15) is 16.8 Å². The van der Waals surface area contributed by atoms with E-state index in [2.05, 4.69) is 20.5 Å². The Kier molecular flexibility index (Phi) is 4.65. The molecule has 3 aromatic heterocycles. The highest BCUT2D eigenvalue weighted by Crippen LogP contribution is 2.29. The molecule has 0 bridgehead atoms. The third kappa shape index (κ3) is 3.15. The molecule has 0 fully saturated rings. The molecule has 0 unspecified atom stereocenters. The molecule has 0 aliphatic rings. The van der Waals surface area contributed by atoms with Crippen molar-refractivity contribution in [1.82, 2.24) is 19.6 Å². The first kappa shape index (κ1) is 17.9. The second-order valence-corrected chi connectivity index (χ2v) is 6.57. The number of methoxy groups -OCH3 is 1. The molecule has 1 aromatic carbocycles. The fourth-order valence-electron chi connectivity index (χ4n) is 3.27. The molecule has 3 heterocycles. The Bertz CT molecular complexity index is 1150. The van der Waals surface area contributed by atoms with E-state index < -0.39 is 0 Å². The second-order valence-electron chi connectivity index (χ2n) is 6.57. The van der Waals surface area contributed by atoms with Gasteiger partial charge in [-0.05, 0) is 55.3 Å². The summed E-state index contributed by atoms with van der Waals surface area (Å²) in [6, 6.07) is 10.8. The molecule has 1 N–H and O–H groups in total. The summed E-state index contributed by atoms with van der Waals surface area (Å²) in [7, 11) is 1.53. The van der Waals surface area contributed by atoms with Crippen molar-refractivity contribution in [3.8, 4) is 16.9 Å². The molecule has 0 aliphatic carbocycles. The summed E-state index contributed by atoms with van der Waals surface area (Å²) in [4.78, 5) is 4.34. The minimum absolute atomic E-state index is 0.274. The van der Waals surface area contributed by atoms with Crippen molar-refractivity contribution >= 4 is 11.5 Å². The molecule has 0 aliphatic heterocycles. The lowest BCUT2D eigenvalue weighted by Gasteiger charge is -2.14. The van der Waals surface area contributed by atoms with Crippen LogP contribution in [0.15, 0.2) is 48.9 Å². The average Bonchev–Trinajstić information content (AvgIpc) is 3.19. The zero-order valence-corrected chi connectivity index (χ0v) is 15.9. The molecule has 6 nitrogen and oxygen atoms in total. The van der Waals surface area contributed by atoms with E-state index in [-0.39, 0.29) is 12.4 Å². The molecule has 0 saturated heterocycles. The standard InChI is InChI=1S/C21H20FN5O/c1-13-10-23-14(2)9-16(13)15-7-8-20(27-12-25-26-21(15)27)24-11-17-18(22)5-4-6-19(17)28-3/h4-10,12,24H,11H2,1-3H3. The summed E-state index contributed by atoms with van der Waals surface area (Å²) in [5.74, 6) is 0.954. The van der Waals surface area contributed by atoms with Crippen LogP contribution in [0, 0.1) is 19.7 Å². The molecule has 0 radical (unpaired) electrons. The minimum atomic E-state index is -0.314. The van der Waals surface area contributed by atoms with Gasteiger partial charge in [0, 0.05) is 29.6 Å². The topological polar surface area (TPSA) is 64.3 Å². The third-order valence-corrected chi connectivity index (χ3v) is 4.73. The van der Waals surface area contributed by atoms with Crippen molar-refractivity contribution in [2.45, 2.75) is 20.4 Å². The van der Waals surface area contributed by atoms with Crippen LogP contribution >= 0.6 is 0 Å². The fraction of sp³-hybridized carbons (Fsp3) is 0.190. The Morgan fingerprint density at radius 1 is 1.14 bits per heavy atom. The Labute approximate surface area is 162 Å².